The quantitative estimate of drug-likeness (QED) is 0.818. The molecule has 0 saturated carbocycles. The Hall–Kier alpha value is -1.91. The maximum absolute atomic E-state index is 11.9. The number of ether oxygens (including phenoxy) is 1. The molecule has 106 valence electrons. The van der Waals surface area contributed by atoms with E-state index in [1.165, 1.54) is 12.4 Å². The molecule has 0 radical (unpaired) electrons. The van der Waals surface area contributed by atoms with Crippen molar-refractivity contribution in [2.24, 2.45) is 0 Å². The lowest BCUT2D eigenvalue weighted by Crippen LogP contribution is -1.98. The zero-order valence-corrected chi connectivity index (χ0v) is 13.1. The van der Waals surface area contributed by atoms with E-state index in [1.807, 2.05) is 6.07 Å². The molecule has 5 nitrogen and oxygen atoms in total. The van der Waals surface area contributed by atoms with E-state index in [-0.39, 0.29) is 5.75 Å². The van der Waals surface area contributed by atoms with Crippen LogP contribution in [0.3, 0.4) is 0 Å². The van der Waals surface area contributed by atoms with Gasteiger partial charge in [-0.1, -0.05) is 0 Å². The van der Waals surface area contributed by atoms with Crippen LogP contribution in [0.15, 0.2) is 40.0 Å². The van der Waals surface area contributed by atoms with Gasteiger partial charge in [0, 0.05) is 12.3 Å². The minimum atomic E-state index is -3.17. The van der Waals surface area contributed by atoms with Gasteiger partial charge in [0.05, 0.1) is 26.9 Å². The molecule has 3 rings (SSSR count). The first-order chi connectivity index (χ1) is 10.0. The smallest absolute Gasteiger partial charge is 0.179 e. The number of hydrogen-bond acceptors (Lipinski definition) is 5. The number of fused-ring (bicyclic) bond motifs is 1. The lowest BCUT2D eigenvalue weighted by Gasteiger charge is -2.10. The van der Waals surface area contributed by atoms with Gasteiger partial charge in [0.25, 0.3) is 0 Å². The van der Waals surface area contributed by atoms with Crippen LogP contribution in [-0.4, -0.2) is 19.2 Å². The van der Waals surface area contributed by atoms with Gasteiger partial charge in [-0.2, -0.15) is 5.26 Å². The number of rotatable bonds is 2. The van der Waals surface area contributed by atoms with Crippen molar-refractivity contribution in [3.63, 3.8) is 0 Å². The van der Waals surface area contributed by atoms with Gasteiger partial charge in [0.15, 0.2) is 9.84 Å². The molecule has 0 saturated heterocycles. The van der Waals surface area contributed by atoms with E-state index in [9.17, 15) is 8.42 Å². The Kier molecular flexibility index (Phi) is 3.43. The van der Waals surface area contributed by atoms with E-state index in [2.05, 4.69) is 20.9 Å². The van der Waals surface area contributed by atoms with Gasteiger partial charge in [0.2, 0.25) is 0 Å². The molecule has 0 fully saturated rings. The highest BCUT2D eigenvalue weighted by atomic mass is 79.9. The Morgan fingerprint density at radius 3 is 2.90 bits per heavy atom. The number of benzene rings is 1. The standard InChI is InChI=1S/C14H9BrN2O3S/c15-14-11-3-4-21(18,19)13(11)2-1-12(14)20-10-5-9(6-16)7-17-8-10/h1-2,5,7-8H,3-4H2. The van der Waals surface area contributed by atoms with Gasteiger partial charge in [-0.3, -0.25) is 4.98 Å². The molecule has 1 aliphatic heterocycles. The maximum Gasteiger partial charge on any atom is 0.179 e. The van der Waals surface area contributed by atoms with E-state index in [4.69, 9.17) is 10.00 Å². The number of nitriles is 1. The molecular weight excluding hydrogens is 356 g/mol. The second-order valence-electron chi connectivity index (χ2n) is 4.55. The molecule has 2 heterocycles. The molecule has 0 aliphatic carbocycles. The van der Waals surface area contributed by atoms with Crippen LogP contribution in [0.2, 0.25) is 0 Å². The van der Waals surface area contributed by atoms with Crippen LogP contribution in [0, 0.1) is 11.3 Å². The summed E-state index contributed by atoms with van der Waals surface area (Å²) >= 11 is 3.40. The summed E-state index contributed by atoms with van der Waals surface area (Å²) in [4.78, 5) is 4.27. The van der Waals surface area contributed by atoms with Crippen molar-refractivity contribution in [1.82, 2.24) is 4.98 Å². The first kappa shape index (κ1) is 14.0. The number of halogens is 1. The van der Waals surface area contributed by atoms with Crippen LogP contribution in [-0.2, 0) is 16.3 Å². The van der Waals surface area contributed by atoms with Gasteiger partial charge >= 0.3 is 0 Å². The average Bonchev–Trinajstić information content (AvgIpc) is 2.78. The summed E-state index contributed by atoms with van der Waals surface area (Å²) in [5.41, 5.74) is 1.13. The molecule has 1 aromatic heterocycles. The lowest BCUT2D eigenvalue weighted by molar-refractivity contribution is 0.476. The highest BCUT2D eigenvalue weighted by Crippen LogP contribution is 2.39. The summed E-state index contributed by atoms with van der Waals surface area (Å²) in [6.07, 6.45) is 3.40. The first-order valence-electron chi connectivity index (χ1n) is 6.08. The third-order valence-electron chi connectivity index (χ3n) is 3.19. The molecule has 21 heavy (non-hydrogen) atoms. The molecule has 1 aromatic carbocycles. The van der Waals surface area contributed by atoms with E-state index in [0.717, 1.165) is 5.56 Å². The fourth-order valence-electron chi connectivity index (χ4n) is 2.19. The highest BCUT2D eigenvalue weighted by molar-refractivity contribution is 9.10. The summed E-state index contributed by atoms with van der Waals surface area (Å²) < 4.78 is 30.0. The molecule has 0 spiro atoms. The fraction of sp³-hybridized carbons (Fsp3) is 0.143. The summed E-state index contributed by atoms with van der Waals surface area (Å²) in [7, 11) is -3.17. The molecule has 0 unspecified atom stereocenters. The zero-order valence-electron chi connectivity index (χ0n) is 10.7. The lowest BCUT2D eigenvalue weighted by atomic mass is 10.1. The van der Waals surface area contributed by atoms with Crippen molar-refractivity contribution in [1.29, 1.82) is 5.26 Å². The predicted molar refractivity (Wildman–Crippen MR) is 78.9 cm³/mol. The Labute approximate surface area is 130 Å². The van der Waals surface area contributed by atoms with Crippen LogP contribution in [0.4, 0.5) is 0 Å². The molecule has 7 heteroatoms. The fourth-order valence-corrected chi connectivity index (χ4v) is 4.50. The Morgan fingerprint density at radius 2 is 2.14 bits per heavy atom. The number of hydrogen-bond donors (Lipinski definition) is 0. The number of nitrogens with zero attached hydrogens (tertiary/aromatic N) is 2. The number of pyridine rings is 1. The number of sulfone groups is 1. The minimum Gasteiger partial charge on any atom is -0.455 e. The first-order valence-corrected chi connectivity index (χ1v) is 8.53. The van der Waals surface area contributed by atoms with E-state index < -0.39 is 9.84 Å². The van der Waals surface area contributed by atoms with Crippen LogP contribution in [0.1, 0.15) is 11.1 Å². The summed E-state index contributed by atoms with van der Waals surface area (Å²) in [5.74, 6) is 1.05. The maximum atomic E-state index is 11.9. The molecule has 1 aliphatic rings. The molecule has 0 bridgehead atoms. The SMILES string of the molecule is N#Cc1cncc(Oc2ccc3c(c2Br)CCS3(=O)=O)c1. The van der Waals surface area contributed by atoms with Crippen molar-refractivity contribution in [3.05, 3.63) is 46.2 Å². The zero-order chi connectivity index (χ0) is 15.0. The molecule has 0 atom stereocenters. The monoisotopic (exact) mass is 364 g/mol. The molecule has 0 N–H and O–H groups in total. The van der Waals surface area contributed by atoms with E-state index in [0.29, 0.717) is 32.9 Å². The van der Waals surface area contributed by atoms with E-state index >= 15 is 0 Å². The van der Waals surface area contributed by atoms with Gasteiger partial charge in [-0.15, -0.1) is 0 Å². The predicted octanol–water partition coefficient (Wildman–Crippen LogP) is 2.84. The summed E-state index contributed by atoms with van der Waals surface area (Å²) in [6.45, 7) is 0. The highest BCUT2D eigenvalue weighted by Gasteiger charge is 2.29. The third kappa shape index (κ3) is 2.52. The Balaban J connectivity index is 2.00. The van der Waals surface area contributed by atoms with Gasteiger partial charge < -0.3 is 4.74 Å². The van der Waals surface area contributed by atoms with Crippen molar-refractivity contribution < 1.29 is 13.2 Å². The van der Waals surface area contributed by atoms with Crippen molar-refractivity contribution >= 4 is 25.8 Å². The molecule has 2 aromatic rings. The van der Waals surface area contributed by atoms with Crippen molar-refractivity contribution in [3.8, 4) is 17.6 Å². The van der Waals surface area contributed by atoms with E-state index in [1.54, 1.807) is 18.2 Å². The Morgan fingerprint density at radius 1 is 1.33 bits per heavy atom. The largest absolute Gasteiger partial charge is 0.455 e. The second-order valence-corrected chi connectivity index (χ2v) is 7.42. The number of aromatic nitrogens is 1. The second kappa shape index (κ2) is 5.13. The normalized spacial score (nSPS) is 15.2. The summed E-state index contributed by atoms with van der Waals surface area (Å²) in [5, 5.41) is 8.85. The minimum absolute atomic E-state index is 0.121. The van der Waals surface area contributed by atoms with Crippen molar-refractivity contribution in [2.45, 2.75) is 11.3 Å². The van der Waals surface area contributed by atoms with Crippen LogP contribution < -0.4 is 4.74 Å². The van der Waals surface area contributed by atoms with Gasteiger partial charge in [-0.25, -0.2) is 8.42 Å². The van der Waals surface area contributed by atoms with Gasteiger partial charge in [0.1, 0.15) is 17.6 Å². The average molecular weight is 365 g/mol. The summed E-state index contributed by atoms with van der Waals surface area (Å²) in [6, 6.07) is 6.72. The third-order valence-corrected chi connectivity index (χ3v) is 5.85. The van der Waals surface area contributed by atoms with Crippen LogP contribution in [0.25, 0.3) is 0 Å². The molecule has 0 amide bonds. The Bertz CT molecular complexity index is 872. The topological polar surface area (TPSA) is 80.0 Å². The van der Waals surface area contributed by atoms with Crippen LogP contribution in [0.5, 0.6) is 11.5 Å². The van der Waals surface area contributed by atoms with Crippen molar-refractivity contribution in [2.75, 3.05) is 5.75 Å². The molecular formula is C14H9BrN2O3S. The van der Waals surface area contributed by atoms with Crippen LogP contribution >= 0.6 is 15.9 Å². The van der Waals surface area contributed by atoms with Gasteiger partial charge in [-0.05, 0) is 40.0 Å².